The van der Waals surface area contributed by atoms with Crippen LogP contribution < -0.4 is 10.6 Å². The van der Waals surface area contributed by atoms with Crippen molar-refractivity contribution in [2.75, 3.05) is 26.3 Å². The predicted octanol–water partition coefficient (Wildman–Crippen LogP) is 3.70. The molecule has 5 heteroatoms. The molecule has 2 aliphatic carbocycles. The monoisotopic (exact) mass is 423 g/mol. The van der Waals surface area contributed by atoms with Gasteiger partial charge >= 0.3 is 0 Å². The maximum absolute atomic E-state index is 5.51. The molecule has 0 unspecified atom stereocenters. The molecule has 0 heterocycles. The number of hydrogen-bond acceptors (Lipinski definition) is 2. The summed E-state index contributed by atoms with van der Waals surface area (Å²) in [4.78, 5) is 4.86. The first-order chi connectivity index (χ1) is 10.3. The van der Waals surface area contributed by atoms with E-state index in [4.69, 9.17) is 9.73 Å². The molecule has 4 nitrogen and oxygen atoms in total. The van der Waals surface area contributed by atoms with Crippen molar-refractivity contribution in [3.05, 3.63) is 0 Å². The highest BCUT2D eigenvalue weighted by atomic mass is 127. The van der Waals surface area contributed by atoms with Gasteiger partial charge in [0.25, 0.3) is 0 Å². The van der Waals surface area contributed by atoms with Crippen LogP contribution in [0.5, 0.6) is 0 Å². The molecule has 2 aliphatic rings. The molecule has 2 rings (SSSR count). The lowest BCUT2D eigenvalue weighted by molar-refractivity contribution is 0.129. The highest BCUT2D eigenvalue weighted by Gasteiger charge is 2.41. The zero-order valence-electron chi connectivity index (χ0n) is 14.3. The summed E-state index contributed by atoms with van der Waals surface area (Å²) in [7, 11) is 0. The van der Waals surface area contributed by atoms with Gasteiger partial charge in [0.05, 0.1) is 0 Å². The molecule has 0 amide bonds. The van der Waals surface area contributed by atoms with Gasteiger partial charge in [-0.1, -0.05) is 19.3 Å². The standard InChI is InChI=1S/C17H33N3O.HI/c1-3-18-16(20-15-8-6-5-7-9-15)19-14-17(10-11-17)12-13-21-4-2;/h15H,3-14H2,1-2H3,(H2,18,19,20);1H. The van der Waals surface area contributed by atoms with Gasteiger partial charge in [0.1, 0.15) is 0 Å². The van der Waals surface area contributed by atoms with E-state index in [9.17, 15) is 0 Å². The van der Waals surface area contributed by atoms with E-state index in [1.54, 1.807) is 0 Å². The molecule has 2 fully saturated rings. The van der Waals surface area contributed by atoms with Crippen LogP contribution in [0.2, 0.25) is 0 Å². The molecule has 0 bridgehead atoms. The Morgan fingerprint density at radius 1 is 1.18 bits per heavy atom. The topological polar surface area (TPSA) is 45.7 Å². The normalized spacial score (nSPS) is 21.1. The van der Waals surface area contributed by atoms with Crippen molar-refractivity contribution in [3.8, 4) is 0 Å². The maximum Gasteiger partial charge on any atom is 0.191 e. The Morgan fingerprint density at radius 3 is 2.50 bits per heavy atom. The summed E-state index contributed by atoms with van der Waals surface area (Å²) in [6.45, 7) is 7.80. The van der Waals surface area contributed by atoms with Crippen molar-refractivity contribution in [1.82, 2.24) is 10.6 Å². The quantitative estimate of drug-likeness (QED) is 0.271. The minimum absolute atomic E-state index is 0. The third kappa shape index (κ3) is 7.02. The molecule has 0 atom stereocenters. The first kappa shape index (κ1) is 20.0. The van der Waals surface area contributed by atoms with Crippen molar-refractivity contribution >= 4 is 29.9 Å². The van der Waals surface area contributed by atoms with Crippen molar-refractivity contribution in [3.63, 3.8) is 0 Å². The highest BCUT2D eigenvalue weighted by molar-refractivity contribution is 14.0. The summed E-state index contributed by atoms with van der Waals surface area (Å²) < 4.78 is 5.51. The minimum Gasteiger partial charge on any atom is -0.382 e. The molecular formula is C17H34IN3O. The smallest absolute Gasteiger partial charge is 0.191 e. The Labute approximate surface area is 153 Å². The van der Waals surface area contributed by atoms with E-state index in [0.717, 1.165) is 38.7 Å². The number of halogens is 1. The molecule has 0 aromatic heterocycles. The molecule has 0 spiro atoms. The van der Waals surface area contributed by atoms with Crippen LogP contribution in [0.25, 0.3) is 0 Å². The van der Waals surface area contributed by atoms with Crippen LogP contribution in [-0.2, 0) is 4.74 Å². The van der Waals surface area contributed by atoms with Crippen LogP contribution in [0.3, 0.4) is 0 Å². The molecular weight excluding hydrogens is 389 g/mol. The van der Waals surface area contributed by atoms with Gasteiger partial charge in [0, 0.05) is 32.3 Å². The van der Waals surface area contributed by atoms with E-state index < -0.39 is 0 Å². The van der Waals surface area contributed by atoms with Crippen molar-refractivity contribution in [2.24, 2.45) is 10.4 Å². The van der Waals surface area contributed by atoms with Gasteiger partial charge in [-0.15, -0.1) is 24.0 Å². The number of hydrogen-bond donors (Lipinski definition) is 2. The van der Waals surface area contributed by atoms with Crippen LogP contribution in [0.4, 0.5) is 0 Å². The molecule has 0 saturated heterocycles. The van der Waals surface area contributed by atoms with E-state index in [1.807, 2.05) is 0 Å². The molecule has 130 valence electrons. The lowest BCUT2D eigenvalue weighted by Crippen LogP contribution is -2.44. The fourth-order valence-corrected chi connectivity index (χ4v) is 3.10. The molecule has 2 N–H and O–H groups in total. The van der Waals surface area contributed by atoms with E-state index in [1.165, 1.54) is 44.9 Å². The average Bonchev–Trinajstić information content (AvgIpc) is 3.27. The number of guanidine groups is 1. The summed E-state index contributed by atoms with van der Waals surface area (Å²) >= 11 is 0. The van der Waals surface area contributed by atoms with Gasteiger partial charge < -0.3 is 15.4 Å². The number of nitrogens with one attached hydrogen (secondary N) is 2. The van der Waals surface area contributed by atoms with Crippen molar-refractivity contribution in [2.45, 2.75) is 71.3 Å². The van der Waals surface area contributed by atoms with Gasteiger partial charge in [-0.3, -0.25) is 4.99 Å². The fraction of sp³-hybridized carbons (Fsp3) is 0.941. The van der Waals surface area contributed by atoms with Crippen LogP contribution in [0, 0.1) is 5.41 Å². The van der Waals surface area contributed by atoms with E-state index in [-0.39, 0.29) is 24.0 Å². The second-order valence-corrected chi connectivity index (χ2v) is 6.62. The van der Waals surface area contributed by atoms with Crippen molar-refractivity contribution < 1.29 is 4.74 Å². The number of rotatable bonds is 8. The summed E-state index contributed by atoms with van der Waals surface area (Å²) in [6, 6.07) is 0.620. The number of nitrogens with zero attached hydrogens (tertiary/aromatic N) is 1. The molecule has 2 saturated carbocycles. The lowest BCUT2D eigenvalue weighted by atomic mass is 9.96. The van der Waals surface area contributed by atoms with Crippen LogP contribution in [-0.4, -0.2) is 38.3 Å². The van der Waals surface area contributed by atoms with Crippen molar-refractivity contribution in [1.29, 1.82) is 0 Å². The molecule has 0 aromatic rings. The second kappa shape index (κ2) is 10.7. The Kier molecular flexibility index (Phi) is 9.71. The summed E-state index contributed by atoms with van der Waals surface area (Å²) in [5.41, 5.74) is 0.435. The minimum atomic E-state index is 0. The molecule has 22 heavy (non-hydrogen) atoms. The van der Waals surface area contributed by atoms with Gasteiger partial charge in [-0.2, -0.15) is 0 Å². The zero-order chi connectivity index (χ0) is 15.0. The lowest BCUT2D eigenvalue weighted by Gasteiger charge is -2.25. The Hall–Kier alpha value is -0.0400. The van der Waals surface area contributed by atoms with Gasteiger partial charge in [0.15, 0.2) is 5.96 Å². The highest BCUT2D eigenvalue weighted by Crippen LogP contribution is 2.49. The molecule has 0 aliphatic heterocycles. The number of aliphatic imine (C=N–C) groups is 1. The third-order valence-electron chi connectivity index (χ3n) is 4.80. The second-order valence-electron chi connectivity index (χ2n) is 6.62. The summed E-state index contributed by atoms with van der Waals surface area (Å²) in [6.07, 6.45) is 10.5. The largest absolute Gasteiger partial charge is 0.382 e. The summed E-state index contributed by atoms with van der Waals surface area (Å²) in [5, 5.41) is 7.04. The van der Waals surface area contributed by atoms with Gasteiger partial charge in [-0.05, 0) is 51.4 Å². The summed E-state index contributed by atoms with van der Waals surface area (Å²) in [5.74, 6) is 1.02. The van der Waals surface area contributed by atoms with Crippen LogP contribution in [0.15, 0.2) is 4.99 Å². The Morgan fingerprint density at radius 2 is 1.91 bits per heavy atom. The van der Waals surface area contributed by atoms with Crippen LogP contribution >= 0.6 is 24.0 Å². The van der Waals surface area contributed by atoms with Crippen LogP contribution in [0.1, 0.15) is 65.2 Å². The first-order valence-electron chi connectivity index (χ1n) is 8.90. The van der Waals surface area contributed by atoms with E-state index >= 15 is 0 Å². The molecule has 0 aromatic carbocycles. The Balaban J connectivity index is 0.00000242. The van der Waals surface area contributed by atoms with E-state index in [0.29, 0.717) is 11.5 Å². The molecule has 0 radical (unpaired) electrons. The first-order valence-corrected chi connectivity index (χ1v) is 8.90. The fourth-order valence-electron chi connectivity index (χ4n) is 3.10. The maximum atomic E-state index is 5.51. The van der Waals surface area contributed by atoms with E-state index in [2.05, 4.69) is 24.5 Å². The van der Waals surface area contributed by atoms with Gasteiger partial charge in [-0.25, -0.2) is 0 Å². The zero-order valence-corrected chi connectivity index (χ0v) is 16.7. The average molecular weight is 423 g/mol. The SMILES string of the molecule is CCNC(=NCC1(CCOCC)CC1)NC1CCCCC1.I. The third-order valence-corrected chi connectivity index (χ3v) is 4.80. The van der Waals surface area contributed by atoms with Gasteiger partial charge in [0.2, 0.25) is 0 Å². The predicted molar refractivity (Wildman–Crippen MR) is 104 cm³/mol. The Bertz CT molecular complexity index is 326. The number of ether oxygens (including phenoxy) is 1.